The van der Waals surface area contributed by atoms with Crippen LogP contribution in [0.5, 0.6) is 5.75 Å². The van der Waals surface area contributed by atoms with Crippen LogP contribution in [-0.2, 0) is 11.2 Å². The molecular formula is C32H49N7O3. The quantitative estimate of drug-likeness (QED) is 0.330. The predicted octanol–water partition coefficient (Wildman–Crippen LogP) is 4.03. The molecule has 1 atom stereocenters. The lowest BCUT2D eigenvalue weighted by molar-refractivity contribution is -0.136. The van der Waals surface area contributed by atoms with Gasteiger partial charge in [0.2, 0.25) is 5.91 Å². The molecule has 3 heterocycles. The number of carbonyl (C=O) groups is 2. The van der Waals surface area contributed by atoms with E-state index < -0.39 is 5.60 Å². The van der Waals surface area contributed by atoms with Crippen LogP contribution in [-0.4, -0.2) is 83.4 Å². The van der Waals surface area contributed by atoms with E-state index in [0.29, 0.717) is 36.3 Å². The first-order valence-corrected chi connectivity index (χ1v) is 15.8. The molecule has 230 valence electrons. The first kappa shape index (κ1) is 30.2. The molecular weight excluding hydrogens is 530 g/mol. The van der Waals surface area contributed by atoms with Gasteiger partial charge in [-0.25, -0.2) is 0 Å². The number of amides is 2. The molecule has 1 aromatic rings. The number of fused-ring (bicyclic) bond motifs is 1. The van der Waals surface area contributed by atoms with E-state index in [1.54, 1.807) is 4.90 Å². The first-order valence-electron chi connectivity index (χ1n) is 15.8. The molecule has 2 amide bonds. The number of anilines is 1. The third kappa shape index (κ3) is 5.96. The summed E-state index contributed by atoms with van der Waals surface area (Å²) in [5, 5.41) is 6.55. The zero-order valence-corrected chi connectivity index (χ0v) is 26.3. The Morgan fingerprint density at radius 2 is 1.81 bits per heavy atom. The van der Waals surface area contributed by atoms with E-state index in [9.17, 15) is 9.59 Å². The van der Waals surface area contributed by atoms with Crippen molar-refractivity contribution >= 4 is 23.5 Å². The van der Waals surface area contributed by atoms with Gasteiger partial charge in [0.25, 0.3) is 5.91 Å². The molecule has 0 bridgehead atoms. The van der Waals surface area contributed by atoms with Crippen LogP contribution in [0.3, 0.4) is 0 Å². The third-order valence-electron chi connectivity index (χ3n) is 9.33. The zero-order valence-electron chi connectivity index (χ0n) is 26.3. The number of nitrogens with one attached hydrogen (secondary N) is 2. The normalized spacial score (nSPS) is 23.8. The maximum absolute atomic E-state index is 13.4. The molecule has 0 spiro atoms. The number of benzene rings is 1. The molecule has 4 N–H and O–H groups in total. The number of nitrogens with two attached hydrogens (primary N) is 1. The number of ether oxygens (including phenoxy) is 1. The van der Waals surface area contributed by atoms with Crippen molar-refractivity contribution < 1.29 is 14.3 Å². The van der Waals surface area contributed by atoms with Gasteiger partial charge in [0, 0.05) is 36.7 Å². The molecule has 0 aromatic heterocycles. The highest BCUT2D eigenvalue weighted by Crippen LogP contribution is 2.43. The van der Waals surface area contributed by atoms with Gasteiger partial charge in [-0.2, -0.15) is 4.99 Å². The second-order valence-electron chi connectivity index (χ2n) is 13.0. The fraction of sp³-hybridized carbons (Fsp3) is 0.656. The van der Waals surface area contributed by atoms with E-state index in [1.165, 1.54) is 0 Å². The molecule has 2 fully saturated rings. The van der Waals surface area contributed by atoms with Crippen molar-refractivity contribution in [1.29, 1.82) is 0 Å². The van der Waals surface area contributed by atoms with Crippen LogP contribution < -0.4 is 21.1 Å². The molecule has 1 aliphatic carbocycles. The highest BCUT2D eigenvalue weighted by molar-refractivity contribution is 6.00. The van der Waals surface area contributed by atoms with E-state index in [4.69, 9.17) is 15.5 Å². The van der Waals surface area contributed by atoms with Crippen LogP contribution >= 0.6 is 0 Å². The Bertz CT molecular complexity index is 1260. The van der Waals surface area contributed by atoms with Crippen LogP contribution in [0.4, 0.5) is 5.69 Å². The molecule has 3 aliphatic heterocycles. The zero-order chi connectivity index (χ0) is 30.2. The van der Waals surface area contributed by atoms with Gasteiger partial charge in [-0.15, -0.1) is 0 Å². The summed E-state index contributed by atoms with van der Waals surface area (Å²) >= 11 is 0. The highest BCUT2D eigenvalue weighted by Gasteiger charge is 2.41. The fourth-order valence-electron chi connectivity index (χ4n) is 7.09. The van der Waals surface area contributed by atoms with Gasteiger partial charge in [-0.05, 0) is 84.6 Å². The minimum atomic E-state index is -0.452. The average Bonchev–Trinajstić information content (AvgIpc) is 3.59. The number of nitrogens with zero attached hydrogens (tertiary/aromatic N) is 4. The number of hydrogen-bond acceptors (Lipinski definition) is 6. The number of likely N-dealkylation sites (N-methyl/N-ethyl adjacent to an activating group) is 1. The van der Waals surface area contributed by atoms with Crippen molar-refractivity contribution in [2.75, 3.05) is 32.5 Å². The molecule has 0 radical (unpaired) electrons. The summed E-state index contributed by atoms with van der Waals surface area (Å²) in [6.45, 7) is 10.1. The molecule has 5 rings (SSSR count). The molecule has 1 aromatic carbocycles. The van der Waals surface area contributed by atoms with Crippen molar-refractivity contribution in [3.63, 3.8) is 0 Å². The number of likely N-dealkylation sites (tertiary alicyclic amines) is 1. The summed E-state index contributed by atoms with van der Waals surface area (Å²) < 4.78 is 6.39. The highest BCUT2D eigenvalue weighted by atomic mass is 16.5. The molecule has 0 unspecified atom stereocenters. The van der Waals surface area contributed by atoms with Crippen molar-refractivity contribution in [1.82, 2.24) is 20.0 Å². The summed E-state index contributed by atoms with van der Waals surface area (Å²) in [5.41, 5.74) is 9.26. The van der Waals surface area contributed by atoms with Crippen molar-refractivity contribution in [3.05, 3.63) is 34.8 Å². The van der Waals surface area contributed by atoms with Crippen LogP contribution in [0.1, 0.15) is 95.0 Å². The van der Waals surface area contributed by atoms with Gasteiger partial charge in [0.15, 0.2) is 11.8 Å². The number of piperidine rings is 1. The lowest BCUT2D eigenvalue weighted by atomic mass is 9.96. The van der Waals surface area contributed by atoms with E-state index in [1.807, 2.05) is 33.0 Å². The lowest BCUT2D eigenvalue weighted by Gasteiger charge is -2.44. The minimum Gasteiger partial charge on any atom is -0.485 e. The summed E-state index contributed by atoms with van der Waals surface area (Å²) in [5.74, 6) is 1.72. The number of rotatable bonds is 7. The van der Waals surface area contributed by atoms with Crippen molar-refractivity contribution in [3.8, 4) is 5.75 Å². The van der Waals surface area contributed by atoms with Crippen molar-refractivity contribution in [2.45, 2.75) is 109 Å². The van der Waals surface area contributed by atoms with Gasteiger partial charge < -0.3 is 35.8 Å². The Balaban J connectivity index is 1.44. The SMILES string of the molecule is CCC1=C(N=C(N)Nc2ccc(C(=O)NC3CCN(C)CC3)c3c2OC(C)(C)C3)N(C2CCCC2)[C@H](CC)C(=O)N1C. The largest absolute Gasteiger partial charge is 0.485 e. The molecule has 10 heteroatoms. The average molecular weight is 580 g/mol. The van der Waals surface area contributed by atoms with E-state index in [0.717, 1.165) is 68.7 Å². The molecule has 1 saturated heterocycles. The summed E-state index contributed by atoms with van der Waals surface area (Å²) in [7, 11) is 3.96. The maximum Gasteiger partial charge on any atom is 0.251 e. The van der Waals surface area contributed by atoms with Crippen molar-refractivity contribution in [2.24, 2.45) is 10.7 Å². The standard InChI is InChI=1S/C32H49N7O3/c1-7-25-28(39(21-11-9-10-12-21)26(8-2)30(41)38(25)6)36-31(33)35-24-14-13-22(23-19-32(3,4)42-27(23)24)29(40)34-20-15-17-37(5)18-16-20/h13-14,20-21,26H,7-12,15-19H2,1-6H3,(H,34,40)(H3,33,35,36)/t26-/m1/s1. The van der Waals surface area contributed by atoms with Gasteiger partial charge in [0.05, 0.1) is 11.4 Å². The Kier molecular flexibility index (Phi) is 8.73. The summed E-state index contributed by atoms with van der Waals surface area (Å²) in [6, 6.07) is 3.93. The number of hydrogen-bond donors (Lipinski definition) is 3. The molecule has 1 saturated carbocycles. The Morgan fingerprint density at radius 3 is 2.45 bits per heavy atom. The molecule has 42 heavy (non-hydrogen) atoms. The van der Waals surface area contributed by atoms with Gasteiger partial charge >= 0.3 is 0 Å². The second-order valence-corrected chi connectivity index (χ2v) is 13.0. The summed E-state index contributed by atoms with van der Waals surface area (Å²) in [6.07, 6.45) is 8.32. The minimum absolute atomic E-state index is 0.0549. The topological polar surface area (TPSA) is 116 Å². The Hall–Kier alpha value is -3.27. The lowest BCUT2D eigenvalue weighted by Crippen LogP contribution is -2.54. The third-order valence-corrected chi connectivity index (χ3v) is 9.33. The number of guanidine groups is 1. The van der Waals surface area contributed by atoms with E-state index in [-0.39, 0.29) is 35.9 Å². The van der Waals surface area contributed by atoms with Crippen LogP contribution in [0.25, 0.3) is 0 Å². The number of aliphatic imine (C=N–C) groups is 1. The smallest absolute Gasteiger partial charge is 0.251 e. The van der Waals surface area contributed by atoms with E-state index >= 15 is 0 Å². The number of carbonyl (C=O) groups excluding carboxylic acids is 2. The predicted molar refractivity (Wildman–Crippen MR) is 166 cm³/mol. The van der Waals surface area contributed by atoms with Crippen LogP contribution in [0.15, 0.2) is 28.6 Å². The molecule has 4 aliphatic rings. The van der Waals surface area contributed by atoms with Gasteiger partial charge in [0.1, 0.15) is 17.4 Å². The fourth-order valence-corrected chi connectivity index (χ4v) is 7.09. The first-order chi connectivity index (χ1) is 20.0. The van der Waals surface area contributed by atoms with Crippen LogP contribution in [0.2, 0.25) is 0 Å². The van der Waals surface area contributed by atoms with E-state index in [2.05, 4.69) is 41.3 Å². The number of allylic oxidation sites excluding steroid dienone is 1. The summed E-state index contributed by atoms with van der Waals surface area (Å²) in [4.78, 5) is 38.0. The second kappa shape index (κ2) is 12.1. The molecule has 10 nitrogen and oxygen atoms in total. The monoisotopic (exact) mass is 579 g/mol. The van der Waals surface area contributed by atoms with Crippen LogP contribution in [0, 0.1) is 0 Å². The van der Waals surface area contributed by atoms with Gasteiger partial charge in [-0.3, -0.25) is 9.59 Å². The Labute approximate surface area is 250 Å². The van der Waals surface area contributed by atoms with Gasteiger partial charge in [-0.1, -0.05) is 26.7 Å². The Morgan fingerprint density at radius 1 is 1.12 bits per heavy atom. The maximum atomic E-state index is 13.4.